The molecule has 0 spiro atoms. The van der Waals surface area contributed by atoms with Crippen molar-refractivity contribution in [1.29, 1.82) is 0 Å². The molecule has 1 N–H and O–H groups in total. The lowest BCUT2D eigenvalue weighted by Crippen LogP contribution is -2.34. The maximum atomic E-state index is 8.70. The molecule has 20 heavy (non-hydrogen) atoms. The van der Waals surface area contributed by atoms with Crippen LogP contribution in [0.3, 0.4) is 0 Å². The number of rotatable bonds is 12. The summed E-state index contributed by atoms with van der Waals surface area (Å²) in [6, 6.07) is 0. The Morgan fingerprint density at radius 3 is 1.95 bits per heavy atom. The van der Waals surface area contributed by atoms with Crippen molar-refractivity contribution in [3.63, 3.8) is 0 Å². The van der Waals surface area contributed by atoms with Crippen molar-refractivity contribution >= 4 is 0 Å². The first-order valence-corrected chi connectivity index (χ1v) is 9.20. The predicted octanol–water partition coefficient (Wildman–Crippen LogP) is 4.61. The molecule has 0 atom stereocenters. The molecule has 120 valence electrons. The number of likely N-dealkylation sites (tertiary alicyclic amines) is 1. The van der Waals surface area contributed by atoms with Crippen LogP contribution in [0.15, 0.2) is 0 Å². The molecule has 0 aromatic heterocycles. The fourth-order valence-electron chi connectivity index (χ4n) is 3.41. The van der Waals surface area contributed by atoms with E-state index in [0.717, 1.165) is 12.3 Å². The van der Waals surface area contributed by atoms with Crippen LogP contribution in [0.4, 0.5) is 0 Å². The second-order valence-electron chi connectivity index (χ2n) is 6.63. The first kappa shape index (κ1) is 18.0. The van der Waals surface area contributed by atoms with Gasteiger partial charge in [-0.25, -0.2) is 0 Å². The Morgan fingerprint density at radius 2 is 1.40 bits per heavy atom. The highest BCUT2D eigenvalue weighted by Gasteiger charge is 2.17. The summed E-state index contributed by atoms with van der Waals surface area (Å²) in [4.78, 5) is 2.69. The highest BCUT2D eigenvalue weighted by Crippen LogP contribution is 2.21. The first-order valence-electron chi connectivity index (χ1n) is 9.20. The number of nitrogens with zero attached hydrogens (tertiary/aromatic N) is 1. The molecule has 0 aromatic rings. The average Bonchev–Trinajstić information content (AvgIpc) is 2.47. The Hall–Kier alpha value is -0.0800. The molecule has 0 unspecified atom stereocenters. The quantitative estimate of drug-likeness (QED) is 0.529. The zero-order chi connectivity index (χ0) is 14.5. The number of hydrogen-bond donors (Lipinski definition) is 1. The third kappa shape index (κ3) is 8.97. The Kier molecular flexibility index (Phi) is 11.4. The van der Waals surface area contributed by atoms with Crippen molar-refractivity contribution in [2.75, 3.05) is 26.2 Å². The molecular weight excluding hydrogens is 246 g/mol. The van der Waals surface area contributed by atoms with Gasteiger partial charge in [-0.1, -0.05) is 58.3 Å². The second-order valence-corrected chi connectivity index (χ2v) is 6.63. The van der Waals surface area contributed by atoms with Crippen LogP contribution in [0.5, 0.6) is 0 Å². The van der Waals surface area contributed by atoms with Gasteiger partial charge in [0.2, 0.25) is 0 Å². The van der Waals surface area contributed by atoms with E-state index in [0.29, 0.717) is 6.61 Å². The van der Waals surface area contributed by atoms with Gasteiger partial charge in [-0.05, 0) is 51.2 Å². The van der Waals surface area contributed by atoms with Gasteiger partial charge < -0.3 is 10.0 Å². The van der Waals surface area contributed by atoms with Crippen molar-refractivity contribution in [3.05, 3.63) is 0 Å². The lowest BCUT2D eigenvalue weighted by molar-refractivity contribution is 0.175. The second kappa shape index (κ2) is 12.6. The van der Waals surface area contributed by atoms with Crippen molar-refractivity contribution in [2.24, 2.45) is 5.92 Å². The number of aliphatic hydroxyl groups excluding tert-OH is 1. The molecule has 0 amide bonds. The van der Waals surface area contributed by atoms with Crippen LogP contribution in [0, 0.1) is 5.92 Å². The fraction of sp³-hybridized carbons (Fsp3) is 1.00. The standard InChI is InChI=1S/C18H37NO/c1-2-11-18-12-15-19(16-13-18)14-9-7-5-3-4-6-8-10-17-20/h18,20H,2-17H2,1H3. The minimum Gasteiger partial charge on any atom is -0.396 e. The number of unbranched alkanes of at least 4 members (excludes halogenated alkanes) is 7. The molecule has 2 heteroatoms. The van der Waals surface area contributed by atoms with Crippen molar-refractivity contribution in [2.45, 2.75) is 84.0 Å². The average molecular weight is 284 g/mol. The zero-order valence-electron chi connectivity index (χ0n) is 13.8. The van der Waals surface area contributed by atoms with Crippen LogP contribution in [-0.4, -0.2) is 36.2 Å². The van der Waals surface area contributed by atoms with Crippen molar-refractivity contribution < 1.29 is 5.11 Å². The van der Waals surface area contributed by atoms with E-state index in [1.807, 2.05) is 0 Å². The van der Waals surface area contributed by atoms with Gasteiger partial charge in [0.05, 0.1) is 0 Å². The van der Waals surface area contributed by atoms with E-state index in [9.17, 15) is 0 Å². The lowest BCUT2D eigenvalue weighted by atomic mass is 9.92. The van der Waals surface area contributed by atoms with Crippen LogP contribution in [0.2, 0.25) is 0 Å². The summed E-state index contributed by atoms with van der Waals surface area (Å²) < 4.78 is 0. The summed E-state index contributed by atoms with van der Waals surface area (Å²) in [5.41, 5.74) is 0. The molecule has 0 saturated carbocycles. The van der Waals surface area contributed by atoms with E-state index < -0.39 is 0 Å². The maximum Gasteiger partial charge on any atom is 0.0431 e. The number of hydrogen-bond acceptors (Lipinski definition) is 2. The summed E-state index contributed by atoms with van der Waals surface area (Å²) in [5.74, 6) is 1.02. The minimum atomic E-state index is 0.370. The molecule has 0 aliphatic carbocycles. The Bertz CT molecular complexity index is 200. The highest BCUT2D eigenvalue weighted by molar-refractivity contribution is 4.71. The third-order valence-corrected chi connectivity index (χ3v) is 4.79. The van der Waals surface area contributed by atoms with Gasteiger partial charge in [0.1, 0.15) is 0 Å². The Morgan fingerprint density at radius 1 is 0.850 bits per heavy atom. The highest BCUT2D eigenvalue weighted by atomic mass is 16.2. The summed E-state index contributed by atoms with van der Waals surface area (Å²) in [6.45, 7) is 6.73. The molecule has 1 aliphatic rings. The van der Waals surface area contributed by atoms with Crippen LogP contribution >= 0.6 is 0 Å². The maximum absolute atomic E-state index is 8.70. The van der Waals surface area contributed by atoms with Gasteiger partial charge in [-0.3, -0.25) is 0 Å². The van der Waals surface area contributed by atoms with Gasteiger partial charge in [-0.15, -0.1) is 0 Å². The minimum absolute atomic E-state index is 0.370. The molecule has 1 fully saturated rings. The molecule has 0 radical (unpaired) electrons. The zero-order valence-corrected chi connectivity index (χ0v) is 13.8. The molecule has 0 aromatic carbocycles. The van der Waals surface area contributed by atoms with Crippen molar-refractivity contribution in [1.82, 2.24) is 4.90 Å². The van der Waals surface area contributed by atoms with E-state index in [1.165, 1.54) is 90.3 Å². The monoisotopic (exact) mass is 283 g/mol. The SMILES string of the molecule is CCCC1CCN(CCCCCCCCCCO)CC1. The summed E-state index contributed by atoms with van der Waals surface area (Å²) in [6.07, 6.45) is 16.2. The molecule has 1 heterocycles. The van der Waals surface area contributed by atoms with E-state index in [1.54, 1.807) is 0 Å². The van der Waals surface area contributed by atoms with Gasteiger partial charge in [-0.2, -0.15) is 0 Å². The fourth-order valence-corrected chi connectivity index (χ4v) is 3.41. The molecular formula is C18H37NO. The lowest BCUT2D eigenvalue weighted by Gasteiger charge is -2.31. The third-order valence-electron chi connectivity index (χ3n) is 4.79. The van der Waals surface area contributed by atoms with Gasteiger partial charge in [0, 0.05) is 6.61 Å². The first-order chi connectivity index (χ1) is 9.86. The largest absolute Gasteiger partial charge is 0.396 e. The molecule has 0 bridgehead atoms. The molecule has 2 nitrogen and oxygen atoms in total. The molecule has 1 aliphatic heterocycles. The topological polar surface area (TPSA) is 23.5 Å². The van der Waals surface area contributed by atoms with Crippen molar-refractivity contribution in [3.8, 4) is 0 Å². The van der Waals surface area contributed by atoms with Crippen LogP contribution in [-0.2, 0) is 0 Å². The van der Waals surface area contributed by atoms with Gasteiger partial charge in [0.25, 0.3) is 0 Å². The van der Waals surface area contributed by atoms with Crippen LogP contribution in [0.1, 0.15) is 84.0 Å². The molecule has 1 rings (SSSR count). The Labute approximate surface area is 126 Å². The normalized spacial score (nSPS) is 17.7. The summed E-state index contributed by atoms with van der Waals surface area (Å²) in [5, 5.41) is 8.70. The predicted molar refractivity (Wildman–Crippen MR) is 88.1 cm³/mol. The van der Waals surface area contributed by atoms with E-state index >= 15 is 0 Å². The van der Waals surface area contributed by atoms with Gasteiger partial charge >= 0.3 is 0 Å². The van der Waals surface area contributed by atoms with E-state index in [-0.39, 0.29) is 0 Å². The van der Waals surface area contributed by atoms with E-state index in [2.05, 4.69) is 11.8 Å². The van der Waals surface area contributed by atoms with Gasteiger partial charge in [0.15, 0.2) is 0 Å². The Balaban J connectivity index is 1.83. The summed E-state index contributed by atoms with van der Waals surface area (Å²) in [7, 11) is 0. The van der Waals surface area contributed by atoms with E-state index in [4.69, 9.17) is 5.11 Å². The number of aliphatic hydroxyl groups is 1. The molecule has 1 saturated heterocycles. The van der Waals surface area contributed by atoms with Crippen LogP contribution in [0.25, 0.3) is 0 Å². The van der Waals surface area contributed by atoms with Crippen LogP contribution < -0.4 is 0 Å². The smallest absolute Gasteiger partial charge is 0.0431 e. The summed E-state index contributed by atoms with van der Waals surface area (Å²) >= 11 is 0. The number of piperidine rings is 1.